The molecule has 1 rings (SSSR count). The van der Waals surface area contributed by atoms with Crippen molar-refractivity contribution in [2.45, 2.75) is 6.61 Å². The summed E-state index contributed by atoms with van der Waals surface area (Å²) < 4.78 is 5.41. The number of nitrogens with zero attached hydrogens (tertiary/aromatic N) is 1. The molecule has 0 saturated heterocycles. The van der Waals surface area contributed by atoms with Gasteiger partial charge < -0.3 is 15.0 Å². The van der Waals surface area contributed by atoms with E-state index in [4.69, 9.17) is 27.9 Å². The van der Waals surface area contributed by atoms with E-state index in [2.05, 4.69) is 5.32 Å². The lowest BCUT2D eigenvalue weighted by atomic mass is 10.2. The first kappa shape index (κ1) is 15.1. The van der Waals surface area contributed by atoms with Crippen LogP contribution in [0.2, 0.25) is 10.0 Å². The third kappa shape index (κ3) is 5.12. The zero-order valence-corrected chi connectivity index (χ0v) is 11.9. The van der Waals surface area contributed by atoms with Gasteiger partial charge in [0.25, 0.3) is 0 Å². The first-order valence-corrected chi connectivity index (χ1v) is 6.23. The first-order valence-electron chi connectivity index (χ1n) is 5.47. The Morgan fingerprint density at radius 1 is 1.39 bits per heavy atom. The number of rotatable bonds is 5. The van der Waals surface area contributed by atoms with E-state index in [1.54, 1.807) is 26.2 Å². The molecular weight excluding hydrogens is 275 g/mol. The molecule has 1 aromatic rings. The van der Waals surface area contributed by atoms with Gasteiger partial charge in [-0.25, -0.2) is 4.79 Å². The van der Waals surface area contributed by atoms with Crippen molar-refractivity contribution >= 4 is 29.2 Å². The van der Waals surface area contributed by atoms with Gasteiger partial charge in [-0.3, -0.25) is 0 Å². The van der Waals surface area contributed by atoms with Crippen molar-refractivity contribution in [1.29, 1.82) is 0 Å². The lowest BCUT2D eigenvalue weighted by molar-refractivity contribution is 0.122. The second-order valence-electron chi connectivity index (χ2n) is 3.91. The largest absolute Gasteiger partial charge is 0.375 e. The van der Waals surface area contributed by atoms with Crippen molar-refractivity contribution < 1.29 is 9.53 Å². The van der Waals surface area contributed by atoms with Gasteiger partial charge in [0.05, 0.1) is 13.2 Å². The highest BCUT2D eigenvalue weighted by atomic mass is 35.5. The number of carbonyl (C=O) groups excluding carboxylic acids is 1. The predicted molar refractivity (Wildman–Crippen MR) is 73.2 cm³/mol. The van der Waals surface area contributed by atoms with E-state index < -0.39 is 0 Å². The van der Waals surface area contributed by atoms with E-state index in [-0.39, 0.29) is 6.03 Å². The van der Waals surface area contributed by atoms with Crippen LogP contribution < -0.4 is 5.32 Å². The highest BCUT2D eigenvalue weighted by Crippen LogP contribution is 2.21. The van der Waals surface area contributed by atoms with Crippen molar-refractivity contribution in [2.24, 2.45) is 0 Å². The fraction of sp³-hybridized carbons (Fsp3) is 0.417. The molecule has 100 valence electrons. The molecule has 0 spiro atoms. The van der Waals surface area contributed by atoms with Gasteiger partial charge in [-0.15, -0.1) is 0 Å². The molecule has 2 amide bonds. The van der Waals surface area contributed by atoms with Crippen LogP contribution in [0.5, 0.6) is 0 Å². The summed E-state index contributed by atoms with van der Waals surface area (Å²) in [4.78, 5) is 12.7. The standard InChI is InChI=1S/C12H16Cl2N2O2/c1-16(2)12(17)15-5-6-18-8-9-3-4-10(13)7-11(9)14/h3-4,7H,5-6,8H2,1-2H3,(H,15,17). The van der Waals surface area contributed by atoms with E-state index >= 15 is 0 Å². The average Bonchev–Trinajstić information content (AvgIpc) is 2.30. The zero-order valence-electron chi connectivity index (χ0n) is 10.4. The van der Waals surface area contributed by atoms with Crippen LogP contribution in [0.25, 0.3) is 0 Å². The smallest absolute Gasteiger partial charge is 0.316 e. The number of hydrogen-bond donors (Lipinski definition) is 1. The molecule has 0 atom stereocenters. The number of carbonyl (C=O) groups is 1. The number of ether oxygens (including phenoxy) is 1. The highest BCUT2D eigenvalue weighted by Gasteiger charge is 2.03. The van der Waals surface area contributed by atoms with Gasteiger partial charge >= 0.3 is 6.03 Å². The van der Waals surface area contributed by atoms with E-state index in [0.717, 1.165) is 5.56 Å². The van der Waals surface area contributed by atoms with Gasteiger partial charge in [-0.05, 0) is 17.7 Å². The van der Waals surface area contributed by atoms with Gasteiger partial charge in [-0.2, -0.15) is 0 Å². The fourth-order valence-electron chi connectivity index (χ4n) is 1.21. The summed E-state index contributed by atoms with van der Waals surface area (Å²) in [5.41, 5.74) is 0.875. The van der Waals surface area contributed by atoms with Crippen molar-refractivity contribution in [1.82, 2.24) is 10.2 Å². The molecule has 0 aliphatic heterocycles. The number of nitrogens with one attached hydrogen (secondary N) is 1. The molecule has 0 unspecified atom stereocenters. The highest BCUT2D eigenvalue weighted by molar-refractivity contribution is 6.35. The quantitative estimate of drug-likeness (QED) is 0.848. The summed E-state index contributed by atoms with van der Waals surface area (Å²) in [6.45, 7) is 1.29. The van der Waals surface area contributed by atoms with Crippen LogP contribution in [-0.4, -0.2) is 38.2 Å². The Kier molecular flexibility index (Phi) is 6.25. The Balaban J connectivity index is 2.24. The second-order valence-corrected chi connectivity index (χ2v) is 4.76. The van der Waals surface area contributed by atoms with E-state index in [9.17, 15) is 4.79 Å². The molecule has 18 heavy (non-hydrogen) atoms. The minimum atomic E-state index is -0.136. The monoisotopic (exact) mass is 290 g/mol. The Labute approximate surface area is 117 Å². The summed E-state index contributed by atoms with van der Waals surface area (Å²) in [6.07, 6.45) is 0. The molecule has 0 fully saturated rings. The van der Waals surface area contributed by atoms with Crippen LogP contribution in [0.1, 0.15) is 5.56 Å². The summed E-state index contributed by atoms with van der Waals surface area (Å²) in [5.74, 6) is 0. The third-order valence-corrected chi connectivity index (χ3v) is 2.79. The Morgan fingerprint density at radius 2 is 2.11 bits per heavy atom. The van der Waals surface area contributed by atoms with Gasteiger partial charge in [0, 0.05) is 30.7 Å². The normalized spacial score (nSPS) is 10.2. The summed E-state index contributed by atoms with van der Waals surface area (Å²) in [6, 6.07) is 5.13. The molecule has 4 nitrogen and oxygen atoms in total. The van der Waals surface area contributed by atoms with Crippen molar-refractivity contribution in [3.8, 4) is 0 Å². The Morgan fingerprint density at radius 3 is 2.72 bits per heavy atom. The van der Waals surface area contributed by atoms with Crippen LogP contribution >= 0.6 is 23.2 Å². The van der Waals surface area contributed by atoms with E-state index in [0.29, 0.717) is 29.8 Å². The van der Waals surface area contributed by atoms with Crippen molar-refractivity contribution in [3.63, 3.8) is 0 Å². The number of halogens is 2. The minimum Gasteiger partial charge on any atom is -0.375 e. The average molecular weight is 291 g/mol. The number of amides is 2. The van der Waals surface area contributed by atoms with Crippen LogP contribution in [0.4, 0.5) is 4.79 Å². The minimum absolute atomic E-state index is 0.136. The van der Waals surface area contributed by atoms with Crippen LogP contribution in [0.15, 0.2) is 18.2 Å². The van der Waals surface area contributed by atoms with Gasteiger partial charge in [0.2, 0.25) is 0 Å². The Bertz CT molecular complexity index is 411. The molecule has 0 radical (unpaired) electrons. The van der Waals surface area contributed by atoms with Crippen molar-refractivity contribution in [3.05, 3.63) is 33.8 Å². The first-order chi connectivity index (χ1) is 8.50. The van der Waals surface area contributed by atoms with E-state index in [1.165, 1.54) is 4.90 Å². The fourth-order valence-corrected chi connectivity index (χ4v) is 1.67. The molecule has 0 aliphatic rings. The Hall–Kier alpha value is -0.970. The summed E-state index contributed by atoms with van der Waals surface area (Å²) in [5, 5.41) is 3.88. The van der Waals surface area contributed by atoms with Crippen LogP contribution in [0, 0.1) is 0 Å². The number of urea groups is 1. The molecule has 0 aromatic heterocycles. The van der Waals surface area contributed by atoms with Gasteiger partial charge in [0.15, 0.2) is 0 Å². The molecule has 0 saturated carbocycles. The maximum atomic E-state index is 11.2. The second kappa shape index (κ2) is 7.46. The van der Waals surface area contributed by atoms with Crippen LogP contribution in [0.3, 0.4) is 0 Å². The maximum absolute atomic E-state index is 11.2. The molecular formula is C12H16Cl2N2O2. The molecule has 6 heteroatoms. The third-order valence-electron chi connectivity index (χ3n) is 2.20. The SMILES string of the molecule is CN(C)C(=O)NCCOCc1ccc(Cl)cc1Cl. The van der Waals surface area contributed by atoms with Crippen molar-refractivity contribution in [2.75, 3.05) is 27.2 Å². The summed E-state index contributed by atoms with van der Waals surface area (Å²) >= 11 is 11.8. The lowest BCUT2D eigenvalue weighted by Gasteiger charge is -2.12. The molecule has 0 bridgehead atoms. The topological polar surface area (TPSA) is 41.6 Å². The predicted octanol–water partition coefficient (Wildman–Crippen LogP) is 2.78. The maximum Gasteiger partial charge on any atom is 0.316 e. The van der Waals surface area contributed by atoms with Gasteiger partial charge in [-0.1, -0.05) is 29.3 Å². The molecule has 1 N–H and O–H groups in total. The molecule has 0 aliphatic carbocycles. The van der Waals surface area contributed by atoms with Gasteiger partial charge in [0.1, 0.15) is 0 Å². The van der Waals surface area contributed by atoms with E-state index in [1.807, 2.05) is 6.07 Å². The lowest BCUT2D eigenvalue weighted by Crippen LogP contribution is -2.36. The zero-order chi connectivity index (χ0) is 13.5. The van der Waals surface area contributed by atoms with Crippen LogP contribution in [-0.2, 0) is 11.3 Å². The molecule has 0 heterocycles. The number of hydrogen-bond acceptors (Lipinski definition) is 2. The molecule has 1 aromatic carbocycles. The number of benzene rings is 1. The summed E-state index contributed by atoms with van der Waals surface area (Å²) in [7, 11) is 3.37.